The van der Waals surface area contributed by atoms with E-state index in [2.05, 4.69) is 16.3 Å². The van der Waals surface area contributed by atoms with Crippen molar-refractivity contribution in [2.75, 3.05) is 7.11 Å². The van der Waals surface area contributed by atoms with E-state index in [1.807, 2.05) is 0 Å². The van der Waals surface area contributed by atoms with Crippen LogP contribution >= 0.6 is 11.6 Å². The molecule has 0 heterocycles. The number of benzene rings is 1. The van der Waals surface area contributed by atoms with E-state index in [0.29, 0.717) is 0 Å². The summed E-state index contributed by atoms with van der Waals surface area (Å²) in [6, 6.07) is 2.92. The molecule has 15 heavy (non-hydrogen) atoms. The highest BCUT2D eigenvalue weighted by Crippen LogP contribution is 2.27. The minimum atomic E-state index is -4.10. The summed E-state index contributed by atoms with van der Waals surface area (Å²) in [4.78, 5) is 10.9. The lowest BCUT2D eigenvalue weighted by Gasteiger charge is -2.08. The monoisotopic (exact) mass is 238 g/mol. The summed E-state index contributed by atoms with van der Waals surface area (Å²) >= 11 is 4.48. The number of hydrogen-bond donors (Lipinski definition) is 0. The largest absolute Gasteiger partial charge is 0.497 e. The van der Waals surface area contributed by atoms with Gasteiger partial charge < -0.3 is 4.74 Å². The number of halogens is 4. The van der Waals surface area contributed by atoms with Crippen molar-refractivity contribution in [3.8, 4) is 5.75 Å². The number of carbonyl (C=O) groups is 1. The lowest BCUT2D eigenvalue weighted by Crippen LogP contribution is -2.22. The Hall–Kier alpha value is -1.23. The highest BCUT2D eigenvalue weighted by Gasteiger charge is 2.38. The lowest BCUT2D eigenvalue weighted by atomic mass is 10.1. The maximum absolute atomic E-state index is 13.1. The van der Waals surface area contributed by atoms with Gasteiger partial charge in [-0.3, -0.25) is 4.79 Å². The minimum Gasteiger partial charge on any atom is -0.497 e. The molecule has 1 rings (SSSR count). The van der Waals surface area contributed by atoms with Crippen LogP contribution in [-0.2, 0) is 0 Å². The van der Waals surface area contributed by atoms with Crippen molar-refractivity contribution in [3.63, 3.8) is 0 Å². The average molecular weight is 239 g/mol. The number of alkyl halides is 3. The fraction of sp³-hybridized carbons (Fsp3) is 0.222. The summed E-state index contributed by atoms with van der Waals surface area (Å²) in [5.41, 5.74) is -0.768. The van der Waals surface area contributed by atoms with E-state index >= 15 is 0 Å². The van der Waals surface area contributed by atoms with Crippen LogP contribution in [0, 0.1) is 5.82 Å². The van der Waals surface area contributed by atoms with Crippen LogP contribution in [0.3, 0.4) is 0 Å². The predicted octanol–water partition coefficient (Wildman–Crippen LogP) is 2.85. The Kier molecular flexibility index (Phi) is 3.24. The summed E-state index contributed by atoms with van der Waals surface area (Å²) in [7, 11) is 1.28. The SMILES string of the molecule is COc1ccc(C(=O)C(F)(F)Cl)c(F)c1. The molecule has 6 heteroatoms. The van der Waals surface area contributed by atoms with Crippen LogP contribution in [0.5, 0.6) is 5.75 Å². The second kappa shape index (κ2) is 4.10. The zero-order valence-corrected chi connectivity index (χ0v) is 8.32. The highest BCUT2D eigenvalue weighted by atomic mass is 35.5. The molecule has 0 amide bonds. The van der Waals surface area contributed by atoms with Gasteiger partial charge in [-0.25, -0.2) is 4.39 Å². The molecule has 0 fully saturated rings. The quantitative estimate of drug-likeness (QED) is 0.598. The molecule has 0 N–H and O–H groups in total. The van der Waals surface area contributed by atoms with Crippen LogP contribution in [0.1, 0.15) is 10.4 Å². The molecule has 0 aliphatic carbocycles. The summed E-state index contributed by atoms with van der Waals surface area (Å²) in [5.74, 6) is -2.74. The van der Waals surface area contributed by atoms with Gasteiger partial charge in [0.2, 0.25) is 0 Å². The van der Waals surface area contributed by atoms with Crippen molar-refractivity contribution < 1.29 is 22.7 Å². The Labute approximate surface area is 88.6 Å². The average Bonchev–Trinajstić information content (AvgIpc) is 2.15. The van der Waals surface area contributed by atoms with E-state index in [0.717, 1.165) is 12.1 Å². The second-order valence-corrected chi connectivity index (χ2v) is 3.15. The van der Waals surface area contributed by atoms with Gasteiger partial charge in [-0.05, 0) is 23.7 Å². The van der Waals surface area contributed by atoms with Gasteiger partial charge in [0.25, 0.3) is 5.78 Å². The van der Waals surface area contributed by atoms with Gasteiger partial charge in [-0.15, -0.1) is 0 Å². The summed E-state index contributed by atoms with van der Waals surface area (Å²) < 4.78 is 42.5. The topological polar surface area (TPSA) is 26.3 Å². The number of methoxy groups -OCH3 is 1. The highest BCUT2D eigenvalue weighted by molar-refractivity contribution is 6.35. The summed E-state index contributed by atoms with van der Waals surface area (Å²) in [6.07, 6.45) is 0. The van der Waals surface area contributed by atoms with Gasteiger partial charge >= 0.3 is 5.38 Å². The summed E-state index contributed by atoms with van der Waals surface area (Å²) in [6.45, 7) is 0. The number of Topliss-reactive ketones (excluding diaryl/α,β-unsaturated/α-hetero) is 1. The van der Waals surface area contributed by atoms with Crippen LogP contribution in [0.4, 0.5) is 13.2 Å². The predicted molar refractivity (Wildman–Crippen MR) is 48.1 cm³/mol. The van der Waals surface area contributed by atoms with Crippen LogP contribution in [0.15, 0.2) is 18.2 Å². The Bertz CT molecular complexity index is 387. The Morgan fingerprint density at radius 3 is 2.47 bits per heavy atom. The summed E-state index contributed by atoms with van der Waals surface area (Å²) in [5, 5.41) is -4.10. The van der Waals surface area contributed by atoms with Crippen LogP contribution in [-0.4, -0.2) is 18.3 Å². The van der Waals surface area contributed by atoms with Crippen molar-refractivity contribution in [1.82, 2.24) is 0 Å². The first kappa shape index (κ1) is 11.8. The molecule has 0 radical (unpaired) electrons. The van der Waals surface area contributed by atoms with Gasteiger partial charge in [-0.1, -0.05) is 0 Å². The Morgan fingerprint density at radius 1 is 1.47 bits per heavy atom. The van der Waals surface area contributed by atoms with Crippen LogP contribution in [0.25, 0.3) is 0 Å². The van der Waals surface area contributed by atoms with Crippen molar-refractivity contribution in [3.05, 3.63) is 29.6 Å². The third kappa shape index (κ3) is 2.62. The van der Waals surface area contributed by atoms with E-state index in [9.17, 15) is 18.0 Å². The van der Waals surface area contributed by atoms with Gasteiger partial charge in [-0.2, -0.15) is 8.78 Å². The molecule has 1 aromatic rings. The molecule has 0 saturated heterocycles. The maximum Gasteiger partial charge on any atom is 0.385 e. The molecule has 0 aliphatic rings. The van der Waals surface area contributed by atoms with Gasteiger partial charge in [0.15, 0.2) is 0 Å². The van der Waals surface area contributed by atoms with E-state index in [4.69, 9.17) is 0 Å². The molecule has 0 spiro atoms. The molecule has 0 aliphatic heterocycles. The lowest BCUT2D eigenvalue weighted by molar-refractivity contribution is 0.0531. The van der Waals surface area contributed by atoms with Crippen molar-refractivity contribution in [2.45, 2.75) is 5.38 Å². The second-order valence-electron chi connectivity index (χ2n) is 2.67. The Balaban J connectivity index is 3.12. The number of rotatable bonds is 3. The smallest absolute Gasteiger partial charge is 0.385 e. The van der Waals surface area contributed by atoms with E-state index in [1.165, 1.54) is 13.2 Å². The fourth-order valence-electron chi connectivity index (χ4n) is 0.960. The number of ketones is 1. The molecule has 1 aromatic carbocycles. The zero-order chi connectivity index (χ0) is 11.6. The van der Waals surface area contributed by atoms with E-state index in [-0.39, 0.29) is 5.75 Å². The standard InChI is InChI=1S/C9H6ClF3O2/c1-15-5-2-3-6(7(11)4-5)8(14)9(10,12)13/h2-4H,1H3. The van der Waals surface area contributed by atoms with E-state index < -0.39 is 22.5 Å². The fourth-order valence-corrected chi connectivity index (χ4v) is 1.06. The molecule has 0 saturated carbocycles. The van der Waals surface area contributed by atoms with Crippen molar-refractivity contribution >= 4 is 17.4 Å². The molecule has 0 aromatic heterocycles. The van der Waals surface area contributed by atoms with Crippen molar-refractivity contribution in [2.24, 2.45) is 0 Å². The van der Waals surface area contributed by atoms with E-state index in [1.54, 1.807) is 0 Å². The molecule has 82 valence electrons. The molecule has 0 atom stereocenters. The molecular weight excluding hydrogens is 233 g/mol. The van der Waals surface area contributed by atoms with Gasteiger partial charge in [0.1, 0.15) is 11.6 Å². The third-order valence-electron chi connectivity index (χ3n) is 1.68. The number of carbonyl (C=O) groups excluding carboxylic acids is 1. The van der Waals surface area contributed by atoms with Crippen LogP contribution < -0.4 is 4.74 Å². The number of ether oxygens (including phenoxy) is 1. The van der Waals surface area contributed by atoms with Gasteiger partial charge in [0, 0.05) is 6.07 Å². The number of hydrogen-bond acceptors (Lipinski definition) is 2. The van der Waals surface area contributed by atoms with Gasteiger partial charge in [0.05, 0.1) is 12.7 Å². The molecular formula is C9H6ClF3O2. The third-order valence-corrected chi connectivity index (χ3v) is 1.85. The molecule has 0 bridgehead atoms. The van der Waals surface area contributed by atoms with Crippen LogP contribution in [0.2, 0.25) is 0 Å². The minimum absolute atomic E-state index is 0.127. The zero-order valence-electron chi connectivity index (χ0n) is 7.56. The normalized spacial score (nSPS) is 11.3. The first-order chi connectivity index (χ1) is 6.86. The van der Waals surface area contributed by atoms with Crippen molar-refractivity contribution in [1.29, 1.82) is 0 Å². The molecule has 0 unspecified atom stereocenters. The first-order valence-corrected chi connectivity index (χ1v) is 4.19. The first-order valence-electron chi connectivity index (χ1n) is 3.81. The molecule has 2 nitrogen and oxygen atoms in total. The maximum atomic E-state index is 13.1. The Morgan fingerprint density at radius 2 is 2.07 bits per heavy atom.